The van der Waals surface area contributed by atoms with Crippen LogP contribution in [0.4, 0.5) is 5.69 Å². The summed E-state index contributed by atoms with van der Waals surface area (Å²) in [6, 6.07) is 27.5. The van der Waals surface area contributed by atoms with E-state index in [9.17, 15) is 0 Å². The van der Waals surface area contributed by atoms with Crippen molar-refractivity contribution >= 4 is 34.4 Å². The highest BCUT2D eigenvalue weighted by molar-refractivity contribution is 7.80. The number of nitrogens with zero attached hydrogens (tertiary/aromatic N) is 4. The lowest BCUT2D eigenvalue weighted by molar-refractivity contribution is 0.982. The Morgan fingerprint density at radius 2 is 1.28 bits per heavy atom. The zero-order chi connectivity index (χ0) is 20.1. The summed E-state index contributed by atoms with van der Waals surface area (Å²) in [4.78, 5) is 9.14. The van der Waals surface area contributed by atoms with E-state index in [-0.39, 0.29) is 0 Å². The molecule has 4 rings (SSSR count). The number of rotatable bonds is 5. The van der Waals surface area contributed by atoms with Crippen LogP contribution >= 0.6 is 12.2 Å². The Bertz CT molecular complexity index is 1040. The minimum absolute atomic E-state index is 0.308. The molecule has 0 spiro atoms. The Morgan fingerprint density at radius 3 is 1.83 bits per heavy atom. The number of thiocarbonyl (C=S) groups is 1. The molecule has 5 heteroatoms. The minimum atomic E-state index is -0.434. The topological polar surface area (TPSA) is 49.4 Å². The number of aryl methyl sites for hydroxylation is 1. The standard InChI is InChI=1S/C24H20N4S/c1-2-17-11-9-10-16-20(17)27-28-23-21(18-12-5-3-6-13-18)25-24(29)26-22(23)19-14-7-4-8-15-19/h3-16,23H,2H2,1H3. The fraction of sp³-hybridized carbons (Fsp3) is 0.125. The molecule has 142 valence electrons. The maximum Gasteiger partial charge on any atom is 0.219 e. The highest BCUT2D eigenvalue weighted by Gasteiger charge is 2.29. The lowest BCUT2D eigenvalue weighted by Gasteiger charge is -2.21. The van der Waals surface area contributed by atoms with Crippen molar-refractivity contribution in [3.05, 3.63) is 102 Å². The van der Waals surface area contributed by atoms with E-state index in [2.05, 4.69) is 28.1 Å². The van der Waals surface area contributed by atoms with Crippen LogP contribution in [0.5, 0.6) is 0 Å². The van der Waals surface area contributed by atoms with Crippen molar-refractivity contribution in [2.75, 3.05) is 0 Å². The van der Waals surface area contributed by atoms with Gasteiger partial charge in [0.2, 0.25) is 5.11 Å². The third kappa shape index (κ3) is 4.25. The lowest BCUT2D eigenvalue weighted by atomic mass is 9.94. The fourth-order valence-electron chi connectivity index (χ4n) is 3.28. The summed E-state index contributed by atoms with van der Waals surface area (Å²) in [6.07, 6.45) is 0.892. The quantitative estimate of drug-likeness (QED) is 0.387. The van der Waals surface area contributed by atoms with Gasteiger partial charge >= 0.3 is 0 Å². The molecule has 0 amide bonds. The van der Waals surface area contributed by atoms with Crippen LogP contribution in [0.25, 0.3) is 0 Å². The second-order valence-corrected chi connectivity index (χ2v) is 6.97. The smallest absolute Gasteiger partial charge is 0.219 e. The molecule has 1 aliphatic rings. The number of hydrogen-bond donors (Lipinski definition) is 0. The number of aliphatic imine (C=N–C) groups is 2. The summed E-state index contributed by atoms with van der Waals surface area (Å²) in [7, 11) is 0. The van der Waals surface area contributed by atoms with Crippen molar-refractivity contribution in [1.29, 1.82) is 0 Å². The minimum Gasteiger partial charge on any atom is -0.220 e. The molecule has 0 fully saturated rings. The van der Waals surface area contributed by atoms with Gasteiger partial charge in [0.1, 0.15) is 0 Å². The second-order valence-electron chi connectivity index (χ2n) is 6.61. The van der Waals surface area contributed by atoms with Gasteiger partial charge in [-0.1, -0.05) is 85.8 Å². The van der Waals surface area contributed by atoms with Crippen LogP contribution in [-0.4, -0.2) is 22.6 Å². The zero-order valence-electron chi connectivity index (χ0n) is 16.1. The molecule has 4 nitrogen and oxygen atoms in total. The molecular weight excluding hydrogens is 376 g/mol. The molecule has 0 bridgehead atoms. The average Bonchev–Trinajstić information content (AvgIpc) is 2.79. The van der Waals surface area contributed by atoms with E-state index in [0.29, 0.717) is 5.11 Å². The monoisotopic (exact) mass is 396 g/mol. The van der Waals surface area contributed by atoms with Gasteiger partial charge in [-0.15, -0.1) is 0 Å². The summed E-state index contributed by atoms with van der Waals surface area (Å²) in [5.41, 5.74) is 5.48. The largest absolute Gasteiger partial charge is 0.220 e. The van der Waals surface area contributed by atoms with Gasteiger partial charge in [0.15, 0.2) is 6.04 Å². The third-order valence-corrected chi connectivity index (χ3v) is 4.93. The van der Waals surface area contributed by atoms with E-state index in [1.165, 1.54) is 0 Å². The van der Waals surface area contributed by atoms with Gasteiger partial charge in [-0.2, -0.15) is 10.2 Å². The van der Waals surface area contributed by atoms with Gasteiger partial charge in [0.05, 0.1) is 17.1 Å². The van der Waals surface area contributed by atoms with Crippen molar-refractivity contribution in [2.24, 2.45) is 20.2 Å². The molecule has 29 heavy (non-hydrogen) atoms. The van der Waals surface area contributed by atoms with Gasteiger partial charge in [-0.05, 0) is 41.4 Å². The van der Waals surface area contributed by atoms with E-state index >= 15 is 0 Å². The van der Waals surface area contributed by atoms with Gasteiger partial charge in [-0.3, -0.25) is 0 Å². The summed E-state index contributed by atoms with van der Waals surface area (Å²) in [6.45, 7) is 2.11. The predicted octanol–water partition coefficient (Wildman–Crippen LogP) is 5.98. The van der Waals surface area contributed by atoms with E-state index in [1.807, 2.05) is 78.9 Å². The third-order valence-electron chi connectivity index (χ3n) is 4.74. The second kappa shape index (κ2) is 8.80. The first-order valence-electron chi connectivity index (χ1n) is 9.57. The molecule has 0 aliphatic carbocycles. The van der Waals surface area contributed by atoms with E-state index in [4.69, 9.17) is 17.3 Å². The molecule has 0 aromatic heterocycles. The number of benzene rings is 3. The molecule has 0 atom stereocenters. The Morgan fingerprint density at radius 1 is 0.759 bits per heavy atom. The Hall–Kier alpha value is -3.31. The van der Waals surface area contributed by atoms with Crippen LogP contribution in [0.1, 0.15) is 23.6 Å². The van der Waals surface area contributed by atoms with Crippen LogP contribution < -0.4 is 0 Å². The van der Waals surface area contributed by atoms with Crippen LogP contribution in [0.2, 0.25) is 0 Å². The first kappa shape index (κ1) is 19.0. The van der Waals surface area contributed by atoms with E-state index in [0.717, 1.165) is 40.2 Å². The summed E-state index contributed by atoms with van der Waals surface area (Å²) < 4.78 is 0. The van der Waals surface area contributed by atoms with Gasteiger partial charge in [-0.25, -0.2) is 9.98 Å². The van der Waals surface area contributed by atoms with Crippen molar-refractivity contribution in [2.45, 2.75) is 19.4 Å². The van der Waals surface area contributed by atoms with Crippen LogP contribution in [-0.2, 0) is 6.42 Å². The highest BCUT2D eigenvalue weighted by Crippen LogP contribution is 2.24. The Labute approximate surface area is 175 Å². The normalized spacial score (nSPS) is 14.7. The molecule has 1 heterocycles. The summed E-state index contributed by atoms with van der Waals surface area (Å²) in [5.74, 6) is 0. The average molecular weight is 397 g/mol. The van der Waals surface area contributed by atoms with E-state index in [1.54, 1.807) is 0 Å². The first-order chi connectivity index (χ1) is 14.3. The van der Waals surface area contributed by atoms with Gasteiger partial charge in [0.25, 0.3) is 0 Å². The number of hydrogen-bond acceptors (Lipinski definition) is 3. The Kier molecular flexibility index (Phi) is 5.77. The SMILES string of the molecule is CCc1ccccc1N=NC1C(c2ccccc2)=NC(=S)N=C1c1ccccc1. The molecule has 0 radical (unpaired) electrons. The molecular formula is C24H20N4S. The van der Waals surface area contributed by atoms with E-state index < -0.39 is 6.04 Å². The molecule has 3 aromatic carbocycles. The number of azo groups is 1. The van der Waals surface area contributed by atoms with Crippen LogP contribution in [0.15, 0.2) is 105 Å². The maximum atomic E-state index is 5.38. The fourth-order valence-corrected chi connectivity index (χ4v) is 3.48. The maximum absolute atomic E-state index is 5.38. The lowest BCUT2D eigenvalue weighted by Crippen LogP contribution is -2.34. The summed E-state index contributed by atoms with van der Waals surface area (Å²) in [5, 5.41) is 9.62. The molecule has 1 aliphatic heterocycles. The molecule has 0 saturated heterocycles. The first-order valence-corrected chi connectivity index (χ1v) is 9.98. The molecule has 0 N–H and O–H groups in total. The zero-order valence-corrected chi connectivity index (χ0v) is 16.9. The van der Waals surface area contributed by atoms with Gasteiger partial charge < -0.3 is 0 Å². The van der Waals surface area contributed by atoms with Crippen LogP contribution in [0.3, 0.4) is 0 Å². The van der Waals surface area contributed by atoms with Crippen molar-refractivity contribution in [3.8, 4) is 0 Å². The Balaban J connectivity index is 1.81. The van der Waals surface area contributed by atoms with Gasteiger partial charge in [0, 0.05) is 0 Å². The van der Waals surface area contributed by atoms with Crippen molar-refractivity contribution in [3.63, 3.8) is 0 Å². The highest BCUT2D eigenvalue weighted by atomic mass is 32.1. The van der Waals surface area contributed by atoms with Crippen LogP contribution in [0, 0.1) is 0 Å². The molecule has 0 saturated carbocycles. The summed E-state index contributed by atoms with van der Waals surface area (Å²) >= 11 is 5.38. The molecule has 3 aromatic rings. The van der Waals surface area contributed by atoms with Crippen molar-refractivity contribution in [1.82, 2.24) is 0 Å². The molecule has 0 unspecified atom stereocenters. The van der Waals surface area contributed by atoms with Crippen molar-refractivity contribution < 1.29 is 0 Å². The predicted molar refractivity (Wildman–Crippen MR) is 123 cm³/mol.